The third-order valence-electron chi connectivity index (χ3n) is 3.58. The van der Waals surface area contributed by atoms with Gasteiger partial charge in [-0.3, -0.25) is 4.68 Å². The highest BCUT2D eigenvalue weighted by Crippen LogP contribution is 2.30. The first-order chi connectivity index (χ1) is 9.71. The third-order valence-corrected chi connectivity index (χ3v) is 4.67. The zero-order chi connectivity index (χ0) is 14.5. The van der Waals surface area contributed by atoms with Gasteiger partial charge in [-0.25, -0.2) is 0 Å². The van der Waals surface area contributed by atoms with Crippen LogP contribution in [0, 0.1) is 6.92 Å². The first kappa shape index (κ1) is 15.3. The van der Waals surface area contributed by atoms with E-state index in [-0.39, 0.29) is 6.04 Å². The Labute approximate surface area is 126 Å². The van der Waals surface area contributed by atoms with E-state index in [9.17, 15) is 0 Å². The predicted molar refractivity (Wildman–Crippen MR) is 86.5 cm³/mol. The van der Waals surface area contributed by atoms with Crippen molar-refractivity contribution in [3.8, 4) is 0 Å². The molecule has 0 amide bonds. The quantitative estimate of drug-likeness (QED) is 0.838. The molecule has 0 spiro atoms. The van der Waals surface area contributed by atoms with Crippen LogP contribution in [0.3, 0.4) is 0 Å². The van der Waals surface area contributed by atoms with Crippen LogP contribution in [0.1, 0.15) is 55.1 Å². The zero-order valence-corrected chi connectivity index (χ0v) is 13.8. The second-order valence-corrected chi connectivity index (χ2v) is 6.03. The molecular formula is C16H25N3S. The van der Waals surface area contributed by atoms with E-state index in [0.29, 0.717) is 0 Å². The van der Waals surface area contributed by atoms with E-state index in [2.05, 4.69) is 55.2 Å². The summed E-state index contributed by atoms with van der Waals surface area (Å²) in [7, 11) is 0. The van der Waals surface area contributed by atoms with Crippen molar-refractivity contribution in [2.45, 2.75) is 53.1 Å². The standard InChI is InChI=1S/C16H25N3S/c1-5-9-17-15(16-12(4)8-10-20-16)14-11-13(6-2)18-19(14)7-3/h8,10-11,15,17H,5-7,9H2,1-4H3. The third kappa shape index (κ3) is 3.13. The van der Waals surface area contributed by atoms with E-state index >= 15 is 0 Å². The minimum atomic E-state index is 0.266. The van der Waals surface area contributed by atoms with Crippen molar-refractivity contribution in [2.24, 2.45) is 0 Å². The Balaban J connectivity index is 2.40. The average molecular weight is 291 g/mol. The first-order valence-electron chi connectivity index (χ1n) is 7.55. The van der Waals surface area contributed by atoms with Gasteiger partial charge < -0.3 is 5.32 Å². The molecular weight excluding hydrogens is 266 g/mol. The molecule has 2 heterocycles. The molecule has 1 atom stereocenters. The normalized spacial score (nSPS) is 12.8. The number of nitrogens with zero attached hydrogens (tertiary/aromatic N) is 2. The zero-order valence-electron chi connectivity index (χ0n) is 12.9. The first-order valence-corrected chi connectivity index (χ1v) is 8.43. The second-order valence-electron chi connectivity index (χ2n) is 5.08. The maximum atomic E-state index is 4.70. The highest BCUT2D eigenvalue weighted by molar-refractivity contribution is 7.10. The van der Waals surface area contributed by atoms with Crippen LogP contribution in [-0.4, -0.2) is 16.3 Å². The molecule has 0 radical (unpaired) electrons. The van der Waals surface area contributed by atoms with Crippen molar-refractivity contribution in [1.82, 2.24) is 15.1 Å². The molecule has 20 heavy (non-hydrogen) atoms. The lowest BCUT2D eigenvalue weighted by Crippen LogP contribution is -2.25. The van der Waals surface area contributed by atoms with Gasteiger partial charge in [0.05, 0.1) is 17.4 Å². The summed E-state index contributed by atoms with van der Waals surface area (Å²) in [6.07, 6.45) is 2.13. The summed E-state index contributed by atoms with van der Waals surface area (Å²) in [5, 5.41) is 10.6. The van der Waals surface area contributed by atoms with Crippen LogP contribution in [0.2, 0.25) is 0 Å². The van der Waals surface area contributed by atoms with Crippen molar-refractivity contribution in [3.05, 3.63) is 39.3 Å². The van der Waals surface area contributed by atoms with Gasteiger partial charge in [0, 0.05) is 11.4 Å². The number of thiophene rings is 1. The molecule has 0 aromatic carbocycles. The minimum Gasteiger partial charge on any atom is -0.304 e. The summed E-state index contributed by atoms with van der Waals surface area (Å²) in [5.41, 5.74) is 3.84. The van der Waals surface area contributed by atoms with E-state index in [1.807, 2.05) is 11.3 Å². The fourth-order valence-corrected chi connectivity index (χ4v) is 3.46. The van der Waals surface area contributed by atoms with Gasteiger partial charge >= 0.3 is 0 Å². The van der Waals surface area contributed by atoms with Crippen LogP contribution in [0.15, 0.2) is 17.5 Å². The van der Waals surface area contributed by atoms with Gasteiger partial charge in [-0.15, -0.1) is 11.3 Å². The Bertz CT molecular complexity index is 542. The smallest absolute Gasteiger partial charge is 0.0844 e. The van der Waals surface area contributed by atoms with Crippen molar-refractivity contribution in [2.75, 3.05) is 6.54 Å². The number of rotatable bonds is 7. The highest BCUT2D eigenvalue weighted by atomic mass is 32.1. The van der Waals surface area contributed by atoms with Crippen molar-refractivity contribution < 1.29 is 0 Å². The van der Waals surface area contributed by atoms with Crippen LogP contribution < -0.4 is 5.32 Å². The number of hydrogen-bond acceptors (Lipinski definition) is 3. The molecule has 0 bridgehead atoms. The summed E-state index contributed by atoms with van der Waals surface area (Å²) >= 11 is 1.84. The Morgan fingerprint density at radius 3 is 2.70 bits per heavy atom. The molecule has 4 heteroatoms. The van der Waals surface area contributed by atoms with Crippen LogP contribution >= 0.6 is 11.3 Å². The Kier molecular flexibility index (Phi) is 5.38. The van der Waals surface area contributed by atoms with Crippen molar-refractivity contribution in [1.29, 1.82) is 0 Å². The lowest BCUT2D eigenvalue weighted by atomic mass is 10.1. The SMILES string of the molecule is CCCNC(c1sccc1C)c1cc(CC)nn1CC. The Hall–Kier alpha value is -1.13. The molecule has 2 aromatic heterocycles. The van der Waals surface area contributed by atoms with E-state index < -0.39 is 0 Å². The molecule has 110 valence electrons. The fourth-order valence-electron chi connectivity index (χ4n) is 2.45. The van der Waals surface area contributed by atoms with Gasteiger partial charge in [-0.05, 0) is 56.3 Å². The van der Waals surface area contributed by atoms with Crippen molar-refractivity contribution in [3.63, 3.8) is 0 Å². The molecule has 0 saturated heterocycles. The molecule has 3 nitrogen and oxygen atoms in total. The lowest BCUT2D eigenvalue weighted by Gasteiger charge is -2.19. The molecule has 2 rings (SSSR count). The summed E-state index contributed by atoms with van der Waals surface area (Å²) in [5.74, 6) is 0. The molecule has 0 saturated carbocycles. The minimum absolute atomic E-state index is 0.266. The van der Waals surface area contributed by atoms with Crippen molar-refractivity contribution >= 4 is 11.3 Å². The number of nitrogens with one attached hydrogen (secondary N) is 1. The molecule has 0 aliphatic heterocycles. The van der Waals surface area contributed by atoms with Gasteiger partial charge in [-0.1, -0.05) is 13.8 Å². The molecule has 0 fully saturated rings. The highest BCUT2D eigenvalue weighted by Gasteiger charge is 2.21. The van der Waals surface area contributed by atoms with E-state index in [0.717, 1.165) is 25.9 Å². The van der Waals surface area contributed by atoms with Crippen LogP contribution in [-0.2, 0) is 13.0 Å². The maximum absolute atomic E-state index is 4.70. The molecule has 1 unspecified atom stereocenters. The average Bonchev–Trinajstić information content (AvgIpc) is 3.06. The number of hydrogen-bond donors (Lipinski definition) is 1. The summed E-state index contributed by atoms with van der Waals surface area (Å²) in [6, 6.07) is 4.73. The molecule has 1 N–H and O–H groups in total. The van der Waals surface area contributed by atoms with Gasteiger partial charge in [0.25, 0.3) is 0 Å². The summed E-state index contributed by atoms with van der Waals surface area (Å²) < 4.78 is 2.14. The van der Waals surface area contributed by atoms with Gasteiger partial charge in [-0.2, -0.15) is 5.10 Å². The van der Waals surface area contributed by atoms with Gasteiger partial charge in [0.15, 0.2) is 0 Å². The second kappa shape index (κ2) is 7.04. The van der Waals surface area contributed by atoms with E-state index in [1.165, 1.54) is 21.8 Å². The summed E-state index contributed by atoms with van der Waals surface area (Å²) in [4.78, 5) is 1.41. The van der Waals surface area contributed by atoms with Gasteiger partial charge in [0.2, 0.25) is 0 Å². The molecule has 2 aromatic rings. The van der Waals surface area contributed by atoms with E-state index in [1.54, 1.807) is 0 Å². The van der Waals surface area contributed by atoms with Crippen LogP contribution in [0.25, 0.3) is 0 Å². The van der Waals surface area contributed by atoms with Crippen LogP contribution in [0.4, 0.5) is 0 Å². The summed E-state index contributed by atoms with van der Waals surface area (Å²) in [6.45, 7) is 10.7. The predicted octanol–water partition coefficient (Wildman–Crippen LogP) is 3.92. The number of aryl methyl sites for hydroxylation is 3. The monoisotopic (exact) mass is 291 g/mol. The lowest BCUT2D eigenvalue weighted by molar-refractivity contribution is 0.531. The molecule has 0 aliphatic carbocycles. The van der Waals surface area contributed by atoms with Crippen LogP contribution in [0.5, 0.6) is 0 Å². The number of aromatic nitrogens is 2. The largest absolute Gasteiger partial charge is 0.304 e. The molecule has 0 aliphatic rings. The van der Waals surface area contributed by atoms with Gasteiger partial charge in [0.1, 0.15) is 0 Å². The topological polar surface area (TPSA) is 29.9 Å². The van der Waals surface area contributed by atoms with E-state index in [4.69, 9.17) is 5.10 Å². The Morgan fingerprint density at radius 1 is 1.35 bits per heavy atom. The Morgan fingerprint density at radius 2 is 2.15 bits per heavy atom. The maximum Gasteiger partial charge on any atom is 0.0844 e. The fraction of sp³-hybridized carbons (Fsp3) is 0.562.